The van der Waals surface area contributed by atoms with E-state index in [0.717, 1.165) is 38.0 Å². The van der Waals surface area contributed by atoms with Crippen molar-refractivity contribution in [3.63, 3.8) is 0 Å². The maximum absolute atomic E-state index is 12.9. The van der Waals surface area contributed by atoms with Crippen molar-refractivity contribution in [1.82, 2.24) is 5.32 Å². The number of nitrogens with one attached hydrogen (secondary N) is 1. The van der Waals surface area contributed by atoms with Crippen LogP contribution in [0.1, 0.15) is 46.8 Å². The van der Waals surface area contributed by atoms with Crippen molar-refractivity contribution in [3.05, 3.63) is 81.9 Å². The molecule has 2 N–H and O–H groups in total. The minimum atomic E-state index is -2.38. The van der Waals surface area contributed by atoms with Gasteiger partial charge in [-0.25, -0.2) is 0 Å². The first kappa shape index (κ1) is 25.5. The monoisotopic (exact) mass is 552 g/mol. The van der Waals surface area contributed by atoms with Gasteiger partial charge in [0.05, 0.1) is 0 Å². The van der Waals surface area contributed by atoms with Crippen molar-refractivity contribution >= 4 is 45.7 Å². The summed E-state index contributed by atoms with van der Waals surface area (Å²) in [4.78, 5) is 24.5. The molecule has 0 spiro atoms. The molecule has 1 unspecified atom stereocenters. The van der Waals surface area contributed by atoms with E-state index in [-0.39, 0.29) is 5.91 Å². The van der Waals surface area contributed by atoms with Gasteiger partial charge in [-0.1, -0.05) is 0 Å². The van der Waals surface area contributed by atoms with Gasteiger partial charge >= 0.3 is 216 Å². The number of carbonyl (C=O) groups excluding carboxylic acids is 1. The minimum absolute atomic E-state index is 0.314. The Morgan fingerprint density at radius 1 is 0.943 bits per heavy atom. The number of hydrogen-bond donors (Lipinski definition) is 2. The predicted octanol–water partition coefficient (Wildman–Crippen LogP) is 5.49. The van der Waals surface area contributed by atoms with Crippen molar-refractivity contribution in [2.24, 2.45) is 0 Å². The van der Waals surface area contributed by atoms with Gasteiger partial charge in [-0.15, -0.1) is 0 Å². The molecule has 1 atom stereocenters. The number of carboxylic acid groups (broad SMARTS) is 1. The summed E-state index contributed by atoms with van der Waals surface area (Å²) in [7, 11) is 0. The zero-order chi connectivity index (χ0) is 25.5. The Morgan fingerprint density at radius 2 is 1.57 bits per heavy atom. The van der Waals surface area contributed by atoms with Crippen molar-refractivity contribution in [1.29, 1.82) is 0 Å². The fraction of sp³-hybridized carbons (Fsp3) is 0.310. The first-order chi connectivity index (χ1) is 16.5. The molecule has 0 saturated heterocycles. The molecule has 6 heteroatoms. The molecule has 183 valence electrons. The quantitative estimate of drug-likeness (QED) is 0.381. The summed E-state index contributed by atoms with van der Waals surface area (Å²) >= 11 is 3.92. The van der Waals surface area contributed by atoms with Crippen LogP contribution in [-0.4, -0.2) is 36.1 Å². The van der Waals surface area contributed by atoms with Crippen LogP contribution in [-0.2, 0) is 4.79 Å². The van der Waals surface area contributed by atoms with Gasteiger partial charge in [0.2, 0.25) is 0 Å². The molecule has 4 rings (SSSR count). The molecule has 0 bridgehead atoms. The molecule has 1 radical (unpaired) electrons. The third kappa shape index (κ3) is 4.79. The normalized spacial score (nSPS) is 15.8. The van der Waals surface area contributed by atoms with Crippen LogP contribution in [0.15, 0.2) is 54.6 Å². The average Bonchev–Trinajstić information content (AvgIpc) is 3.60. The molecule has 1 amide bonds. The number of rotatable bonds is 7. The molecule has 1 fully saturated rings. The van der Waals surface area contributed by atoms with E-state index in [0.29, 0.717) is 18.4 Å². The molecule has 4 nitrogen and oxygen atoms in total. The number of hydrogen-bond acceptors (Lipinski definition) is 2. The number of aliphatic carboxylic acids is 1. The van der Waals surface area contributed by atoms with Gasteiger partial charge in [0.15, 0.2) is 0 Å². The number of amides is 1. The zero-order valence-corrected chi connectivity index (χ0v) is 23.5. The second-order valence-corrected chi connectivity index (χ2v) is 18.7. The van der Waals surface area contributed by atoms with Gasteiger partial charge in [-0.2, -0.15) is 0 Å². The van der Waals surface area contributed by atoms with E-state index < -0.39 is 25.1 Å². The number of carboxylic acids is 1. The summed E-state index contributed by atoms with van der Waals surface area (Å²) in [5.41, 5.74) is 6.87. The van der Waals surface area contributed by atoms with Crippen molar-refractivity contribution in [2.45, 2.75) is 57.0 Å². The molecule has 0 aliphatic heterocycles. The summed E-state index contributed by atoms with van der Waals surface area (Å²) in [6.07, 6.45) is 0.955. The maximum atomic E-state index is 12.9. The fourth-order valence-corrected chi connectivity index (χ4v) is 10.6. The zero-order valence-electron chi connectivity index (χ0n) is 20.9. The number of halogens is 1. The Morgan fingerprint density at radius 3 is 2.11 bits per heavy atom. The molecule has 1 saturated carbocycles. The summed E-state index contributed by atoms with van der Waals surface area (Å²) < 4.78 is 2.79. The van der Waals surface area contributed by atoms with E-state index in [4.69, 9.17) is 11.6 Å². The Kier molecular flexibility index (Phi) is 6.92. The van der Waals surface area contributed by atoms with Crippen LogP contribution in [0.25, 0.3) is 11.1 Å². The summed E-state index contributed by atoms with van der Waals surface area (Å²) in [6.45, 7) is 8.16. The summed E-state index contributed by atoms with van der Waals surface area (Å²) in [5, 5.41) is 14.1. The van der Waals surface area contributed by atoms with Crippen molar-refractivity contribution in [2.75, 3.05) is 0 Å². The molecule has 1 aliphatic rings. The Labute approximate surface area is 215 Å². The molecule has 0 aromatic heterocycles. The molecular weight excluding hydrogens is 521 g/mol. The third-order valence-electron chi connectivity index (χ3n) is 7.37. The number of carbonyl (C=O) groups is 2. The first-order valence-corrected chi connectivity index (χ1v) is 17.4. The SMILES string of the molecule is CC[As](C)(c1cccc(-c2cc(C)c(C(=O)NC3(C(=O)O)CC3)c(C)c2)c1)c1ccc(Cl)c(C)c1. The molecule has 0 heterocycles. The van der Waals surface area contributed by atoms with E-state index in [9.17, 15) is 14.7 Å². The van der Waals surface area contributed by atoms with Gasteiger partial charge in [0.1, 0.15) is 0 Å². The summed E-state index contributed by atoms with van der Waals surface area (Å²) in [5.74, 6) is -1.28. The van der Waals surface area contributed by atoms with E-state index >= 15 is 0 Å². The van der Waals surface area contributed by atoms with E-state index in [1.165, 1.54) is 8.70 Å². The van der Waals surface area contributed by atoms with Crippen LogP contribution >= 0.6 is 11.6 Å². The van der Waals surface area contributed by atoms with Crippen LogP contribution < -0.4 is 14.0 Å². The Balaban J connectivity index is 1.69. The Bertz CT molecular complexity index is 1310. The van der Waals surface area contributed by atoms with E-state index in [2.05, 4.69) is 61.3 Å². The summed E-state index contributed by atoms with van der Waals surface area (Å²) in [6, 6.07) is 19.3. The molecule has 3 aromatic carbocycles. The standard InChI is InChI=1S/C29H32AsClNO3/c1-6-30(5,24-10-11-25(31)18(2)16-24)23-9-7-8-21(17-23)22-14-19(3)26(20(4)15-22)27(33)32-29(12-13-29)28(34)35/h7-11,14-17H,6,12-13H2,1-5H3,(H,32,33)(H,34,35). The second-order valence-electron chi connectivity index (χ2n) is 9.82. The molecule has 35 heavy (non-hydrogen) atoms. The Hall–Kier alpha value is -2.55. The van der Waals surface area contributed by atoms with E-state index in [1.807, 2.05) is 32.0 Å². The average molecular weight is 553 g/mol. The van der Waals surface area contributed by atoms with Gasteiger partial charge in [0, 0.05) is 0 Å². The van der Waals surface area contributed by atoms with Crippen LogP contribution in [0.4, 0.5) is 0 Å². The van der Waals surface area contributed by atoms with Crippen LogP contribution in [0.3, 0.4) is 0 Å². The van der Waals surface area contributed by atoms with Gasteiger partial charge in [-0.05, 0) is 0 Å². The topological polar surface area (TPSA) is 66.4 Å². The second kappa shape index (κ2) is 9.48. The van der Waals surface area contributed by atoms with Gasteiger partial charge < -0.3 is 0 Å². The molecule has 1 aliphatic carbocycles. The van der Waals surface area contributed by atoms with Crippen molar-refractivity contribution in [3.8, 4) is 11.1 Å². The number of aryl methyl sites for hydroxylation is 3. The predicted molar refractivity (Wildman–Crippen MR) is 146 cm³/mol. The third-order valence-corrected chi connectivity index (χ3v) is 16.4. The van der Waals surface area contributed by atoms with Crippen LogP contribution in [0, 0.1) is 20.8 Å². The van der Waals surface area contributed by atoms with Crippen LogP contribution in [0.2, 0.25) is 15.9 Å². The number of benzene rings is 3. The van der Waals surface area contributed by atoms with Crippen LogP contribution in [0.5, 0.6) is 0 Å². The van der Waals surface area contributed by atoms with Gasteiger partial charge in [-0.3, -0.25) is 0 Å². The van der Waals surface area contributed by atoms with Crippen molar-refractivity contribution < 1.29 is 14.7 Å². The molecule has 3 aromatic rings. The van der Waals surface area contributed by atoms with Gasteiger partial charge in [0.25, 0.3) is 0 Å². The first-order valence-electron chi connectivity index (χ1n) is 11.9. The molecular formula is C29H32AsClNO3. The fourth-order valence-electron chi connectivity index (χ4n) is 4.73. The van der Waals surface area contributed by atoms with E-state index in [1.54, 1.807) is 0 Å².